The number of hydrogen-bond acceptors (Lipinski definition) is 5. The third-order valence-corrected chi connectivity index (χ3v) is 10.9. The fourth-order valence-corrected chi connectivity index (χ4v) is 8.75. The molecule has 0 aliphatic carbocycles. The van der Waals surface area contributed by atoms with Gasteiger partial charge in [-0.05, 0) is 33.9 Å². The molecule has 0 saturated carbocycles. The Bertz CT molecular complexity index is 963. The van der Waals surface area contributed by atoms with Crippen LogP contribution in [0.5, 0.6) is 5.75 Å². The fourth-order valence-electron chi connectivity index (χ4n) is 3.95. The fraction of sp³-hybridized carbons (Fsp3) is 0.478. The summed E-state index contributed by atoms with van der Waals surface area (Å²) in [5.41, 5.74) is 0.904. The topological polar surface area (TPSA) is 88.2 Å². The van der Waals surface area contributed by atoms with Crippen molar-refractivity contribution in [2.75, 3.05) is 19.0 Å². The minimum absolute atomic E-state index is 0.00410. The summed E-state index contributed by atoms with van der Waals surface area (Å²) < 4.78 is 22.3. The number of rotatable bonds is 7. The summed E-state index contributed by atoms with van der Waals surface area (Å²) in [7, 11) is -2.03. The summed E-state index contributed by atoms with van der Waals surface area (Å²) in [6.45, 7) is 11.9. The molecule has 180 valence electrons. The summed E-state index contributed by atoms with van der Waals surface area (Å²) in [5.74, 6) is 0.624. The van der Waals surface area contributed by atoms with Crippen LogP contribution in [-0.2, 0) is 11.3 Å². The highest BCUT2D eigenvalue weighted by Gasteiger charge is 2.58. The number of anilines is 1. The van der Waals surface area contributed by atoms with E-state index < -0.39 is 18.5 Å². The molecule has 0 unspecified atom stereocenters. The second-order valence-corrected chi connectivity index (χ2v) is 15.1. The second kappa shape index (κ2) is 10.6. The number of thiocarbonyl (C=S) groups is 1. The maximum Gasteiger partial charge on any atom is 0.293 e. The summed E-state index contributed by atoms with van der Waals surface area (Å²) >= 11 is 5.28. The number of pyridine rings is 2. The smallest absolute Gasteiger partial charge is 0.293 e. The van der Waals surface area contributed by atoms with Gasteiger partial charge in [-0.25, -0.2) is 4.98 Å². The highest BCUT2D eigenvalue weighted by atomic mass is 32.1. The zero-order valence-corrected chi connectivity index (χ0v) is 22.2. The lowest BCUT2D eigenvalue weighted by atomic mass is 10.2. The standard InChI is InChI=1S/C23H34FN5O2SSi/c1-22(2,3)33(24,23(4,5)6)18-14-26-19(11-17(18)31-7)29-21(32)28-15-20(30)27-13-16-9-8-10-25-12-16/h8-12,14H,13,15H2,1-7H3,(H,27,30)(H2,26,28,29,32). The molecule has 7 nitrogen and oxygen atoms in total. The van der Waals surface area contributed by atoms with Gasteiger partial charge in [-0.2, -0.15) is 0 Å². The van der Waals surface area contributed by atoms with Crippen LogP contribution in [0.25, 0.3) is 0 Å². The van der Waals surface area contributed by atoms with Gasteiger partial charge in [0.15, 0.2) is 5.11 Å². The van der Waals surface area contributed by atoms with Crippen molar-refractivity contribution < 1.29 is 13.6 Å². The van der Waals surface area contributed by atoms with Gasteiger partial charge in [-0.15, -0.1) is 0 Å². The van der Waals surface area contributed by atoms with Crippen molar-refractivity contribution in [3.8, 4) is 5.75 Å². The van der Waals surface area contributed by atoms with Crippen LogP contribution in [0, 0.1) is 0 Å². The molecule has 0 aromatic carbocycles. The molecule has 10 heteroatoms. The number of aromatic nitrogens is 2. The average Bonchev–Trinajstić information content (AvgIpc) is 2.74. The van der Waals surface area contributed by atoms with E-state index in [2.05, 4.69) is 25.9 Å². The van der Waals surface area contributed by atoms with Crippen LogP contribution in [0.2, 0.25) is 10.1 Å². The maximum absolute atomic E-state index is 16.7. The summed E-state index contributed by atoms with van der Waals surface area (Å²) in [6.07, 6.45) is 4.92. The monoisotopic (exact) mass is 491 g/mol. The molecular weight excluding hydrogens is 457 g/mol. The molecule has 2 rings (SSSR count). The minimum atomic E-state index is -3.55. The first-order chi connectivity index (χ1) is 15.3. The van der Waals surface area contributed by atoms with E-state index in [1.807, 2.05) is 53.7 Å². The normalized spacial score (nSPS) is 12.1. The van der Waals surface area contributed by atoms with E-state index >= 15 is 4.11 Å². The molecule has 0 atom stereocenters. The number of carbonyl (C=O) groups is 1. The van der Waals surface area contributed by atoms with Gasteiger partial charge < -0.3 is 24.8 Å². The second-order valence-electron chi connectivity index (χ2n) is 9.87. The Labute approximate surface area is 202 Å². The molecule has 0 aliphatic heterocycles. The number of ether oxygens (including phenoxy) is 1. The lowest BCUT2D eigenvalue weighted by Crippen LogP contribution is -2.58. The molecule has 0 aliphatic rings. The Hall–Kier alpha value is -2.59. The third-order valence-electron chi connectivity index (χ3n) is 5.39. The first kappa shape index (κ1) is 26.7. The molecule has 2 aromatic rings. The van der Waals surface area contributed by atoms with Gasteiger partial charge in [-0.3, -0.25) is 9.78 Å². The van der Waals surface area contributed by atoms with Gasteiger partial charge in [0, 0.05) is 36.4 Å². The Morgan fingerprint density at radius 3 is 2.36 bits per heavy atom. The number of nitrogens with zero attached hydrogens (tertiary/aromatic N) is 2. The molecule has 0 bridgehead atoms. The lowest BCUT2D eigenvalue weighted by Gasteiger charge is -2.45. The molecule has 0 radical (unpaired) electrons. The Kier molecular flexibility index (Phi) is 8.53. The van der Waals surface area contributed by atoms with E-state index in [0.29, 0.717) is 23.3 Å². The largest absolute Gasteiger partial charge is 0.497 e. The van der Waals surface area contributed by atoms with Crippen LogP contribution in [0.1, 0.15) is 47.1 Å². The van der Waals surface area contributed by atoms with E-state index in [1.54, 1.807) is 24.7 Å². The van der Waals surface area contributed by atoms with E-state index in [0.717, 1.165) is 5.56 Å². The molecule has 3 N–H and O–H groups in total. The Balaban J connectivity index is 2.05. The van der Waals surface area contributed by atoms with Crippen LogP contribution in [0.15, 0.2) is 36.8 Å². The van der Waals surface area contributed by atoms with Crippen molar-refractivity contribution in [1.29, 1.82) is 0 Å². The van der Waals surface area contributed by atoms with Gasteiger partial charge in [0.05, 0.1) is 13.7 Å². The van der Waals surface area contributed by atoms with Crippen molar-refractivity contribution in [2.45, 2.75) is 58.2 Å². The van der Waals surface area contributed by atoms with Gasteiger partial charge >= 0.3 is 0 Å². The molecule has 0 saturated heterocycles. The Morgan fingerprint density at radius 1 is 1.15 bits per heavy atom. The van der Waals surface area contributed by atoms with Crippen molar-refractivity contribution in [3.05, 3.63) is 42.4 Å². The van der Waals surface area contributed by atoms with Crippen molar-refractivity contribution in [1.82, 2.24) is 20.6 Å². The van der Waals surface area contributed by atoms with Crippen LogP contribution in [0.3, 0.4) is 0 Å². The van der Waals surface area contributed by atoms with Crippen molar-refractivity contribution in [3.63, 3.8) is 0 Å². The number of nitrogens with one attached hydrogen (secondary N) is 3. The van der Waals surface area contributed by atoms with Crippen LogP contribution in [-0.4, -0.2) is 43.0 Å². The molecule has 0 fully saturated rings. The molecule has 33 heavy (non-hydrogen) atoms. The number of methoxy groups -OCH3 is 1. The van der Waals surface area contributed by atoms with Crippen molar-refractivity contribution in [2.24, 2.45) is 0 Å². The summed E-state index contributed by atoms with van der Waals surface area (Å²) in [5, 5.41) is 8.19. The molecule has 1 amide bonds. The van der Waals surface area contributed by atoms with Gasteiger partial charge in [0.25, 0.3) is 8.41 Å². The number of amides is 1. The van der Waals surface area contributed by atoms with Gasteiger partial charge in [-0.1, -0.05) is 47.6 Å². The molecular formula is C23H34FN5O2SSi. The van der Waals surface area contributed by atoms with Crippen LogP contribution in [0.4, 0.5) is 9.93 Å². The number of carbonyl (C=O) groups excluding carboxylic acids is 1. The van der Waals surface area contributed by atoms with Crippen LogP contribution < -0.4 is 25.9 Å². The zero-order chi connectivity index (χ0) is 24.9. The highest BCUT2D eigenvalue weighted by molar-refractivity contribution is 7.80. The first-order valence-corrected chi connectivity index (χ1v) is 13.0. The molecule has 2 aromatic heterocycles. The van der Waals surface area contributed by atoms with Crippen molar-refractivity contribution >= 4 is 42.6 Å². The molecule has 0 spiro atoms. The molecule has 2 heterocycles. The highest BCUT2D eigenvalue weighted by Crippen LogP contribution is 2.52. The van der Waals surface area contributed by atoms with Crippen LogP contribution >= 0.6 is 12.2 Å². The predicted molar refractivity (Wildman–Crippen MR) is 137 cm³/mol. The SMILES string of the molecule is COc1cc(NC(=S)NCC(=O)NCc2cccnc2)ncc1[Si](F)(C(C)(C)C)C(C)(C)C. The summed E-state index contributed by atoms with van der Waals surface area (Å²) in [4.78, 5) is 20.5. The number of hydrogen-bond donors (Lipinski definition) is 3. The Morgan fingerprint density at radius 2 is 1.82 bits per heavy atom. The predicted octanol–water partition coefficient (Wildman–Crippen LogP) is 3.81. The van der Waals surface area contributed by atoms with E-state index in [4.69, 9.17) is 17.0 Å². The lowest BCUT2D eigenvalue weighted by molar-refractivity contribution is -0.120. The number of halogens is 1. The van der Waals surface area contributed by atoms with Gasteiger partial charge in [0.1, 0.15) is 11.6 Å². The maximum atomic E-state index is 16.7. The quantitative estimate of drug-likeness (QED) is 0.308. The minimum Gasteiger partial charge on any atom is -0.497 e. The first-order valence-electron chi connectivity index (χ1n) is 10.7. The van der Waals surface area contributed by atoms with E-state index in [-0.39, 0.29) is 17.6 Å². The van der Waals surface area contributed by atoms with E-state index in [1.165, 1.54) is 7.11 Å². The van der Waals surface area contributed by atoms with Gasteiger partial charge in [0.2, 0.25) is 5.91 Å². The third kappa shape index (κ3) is 6.48. The van der Waals surface area contributed by atoms with E-state index in [9.17, 15) is 4.79 Å². The zero-order valence-electron chi connectivity index (χ0n) is 20.4. The summed E-state index contributed by atoms with van der Waals surface area (Å²) in [6, 6.07) is 5.33. The average molecular weight is 492 g/mol.